The number of nitrogens with zero attached hydrogens (tertiary/aromatic N) is 2. The van der Waals surface area contributed by atoms with Gasteiger partial charge in [-0.05, 0) is 31.4 Å². The van der Waals surface area contributed by atoms with E-state index in [9.17, 15) is 10.1 Å². The molecule has 0 saturated heterocycles. The van der Waals surface area contributed by atoms with Crippen LogP contribution in [0.5, 0.6) is 5.75 Å². The first kappa shape index (κ1) is 12.4. The van der Waals surface area contributed by atoms with Gasteiger partial charge in [0.05, 0.1) is 17.6 Å². The molecule has 18 heavy (non-hydrogen) atoms. The van der Waals surface area contributed by atoms with Crippen LogP contribution in [0.1, 0.15) is 24.8 Å². The summed E-state index contributed by atoms with van der Waals surface area (Å²) in [5.74, 6) is 0.287. The Kier molecular flexibility index (Phi) is 3.19. The molecular formula is C13H14N2O3. The Morgan fingerprint density at radius 2 is 2.28 bits per heavy atom. The molecule has 5 nitrogen and oxygen atoms in total. The van der Waals surface area contributed by atoms with E-state index < -0.39 is 4.92 Å². The summed E-state index contributed by atoms with van der Waals surface area (Å²) < 4.78 is 5.54. The molecule has 94 valence electrons. The van der Waals surface area contributed by atoms with Crippen molar-refractivity contribution >= 4 is 5.69 Å². The molecular weight excluding hydrogens is 232 g/mol. The van der Waals surface area contributed by atoms with E-state index in [-0.39, 0.29) is 16.9 Å². The smallest absolute Gasteiger partial charge is 0.311 e. The molecule has 0 aliphatic heterocycles. The van der Waals surface area contributed by atoms with Gasteiger partial charge in [0.2, 0.25) is 0 Å². The van der Waals surface area contributed by atoms with Gasteiger partial charge < -0.3 is 4.74 Å². The second kappa shape index (κ2) is 4.65. The largest absolute Gasteiger partial charge is 0.486 e. The number of nitro benzene ring substituents is 1. The summed E-state index contributed by atoms with van der Waals surface area (Å²) >= 11 is 0. The van der Waals surface area contributed by atoms with Crippen LogP contribution < -0.4 is 4.74 Å². The lowest BCUT2D eigenvalue weighted by atomic mass is 10.1. The van der Waals surface area contributed by atoms with E-state index in [0.717, 1.165) is 18.4 Å². The number of nitriles is 1. The zero-order chi connectivity index (χ0) is 13.2. The maximum Gasteiger partial charge on any atom is 0.311 e. The fourth-order valence-corrected chi connectivity index (χ4v) is 1.84. The summed E-state index contributed by atoms with van der Waals surface area (Å²) in [5.41, 5.74) is 0.739. The number of benzene rings is 1. The molecule has 1 fully saturated rings. The molecule has 0 radical (unpaired) electrons. The molecule has 0 amide bonds. The molecule has 0 N–H and O–H groups in total. The molecule has 0 bridgehead atoms. The van der Waals surface area contributed by atoms with Crippen molar-refractivity contribution in [3.63, 3.8) is 0 Å². The molecule has 0 unspecified atom stereocenters. The van der Waals surface area contributed by atoms with Crippen LogP contribution in [0.25, 0.3) is 0 Å². The van der Waals surface area contributed by atoms with E-state index in [1.807, 2.05) is 0 Å². The Balaban J connectivity index is 2.10. The van der Waals surface area contributed by atoms with Gasteiger partial charge in [-0.25, -0.2) is 0 Å². The maximum atomic E-state index is 10.9. The van der Waals surface area contributed by atoms with E-state index >= 15 is 0 Å². The summed E-state index contributed by atoms with van der Waals surface area (Å²) in [6.45, 7) is 2.18. The molecule has 2 rings (SSSR count). The zero-order valence-electron chi connectivity index (χ0n) is 10.2. The Morgan fingerprint density at radius 1 is 1.56 bits per heavy atom. The van der Waals surface area contributed by atoms with Gasteiger partial charge in [-0.15, -0.1) is 0 Å². The van der Waals surface area contributed by atoms with Gasteiger partial charge in [0.1, 0.15) is 0 Å². The van der Waals surface area contributed by atoms with Gasteiger partial charge in [0.25, 0.3) is 0 Å². The third-order valence-corrected chi connectivity index (χ3v) is 3.26. The average Bonchev–Trinajstić information content (AvgIpc) is 3.08. The molecule has 0 aromatic heterocycles. The fourth-order valence-electron chi connectivity index (χ4n) is 1.84. The average molecular weight is 246 g/mol. The van der Waals surface area contributed by atoms with Crippen LogP contribution in [0, 0.1) is 33.8 Å². The summed E-state index contributed by atoms with van der Waals surface area (Å²) in [5, 5.41) is 19.6. The lowest BCUT2D eigenvalue weighted by Crippen LogP contribution is -2.13. The Bertz CT molecular complexity index is 515. The van der Waals surface area contributed by atoms with E-state index in [1.54, 1.807) is 19.1 Å². The lowest BCUT2D eigenvalue weighted by Gasteiger charge is -2.13. The molecule has 0 spiro atoms. The van der Waals surface area contributed by atoms with E-state index in [4.69, 9.17) is 10.00 Å². The predicted molar refractivity (Wildman–Crippen MR) is 65.2 cm³/mol. The Hall–Kier alpha value is -2.09. The van der Waals surface area contributed by atoms with Crippen LogP contribution in [0.4, 0.5) is 5.69 Å². The highest BCUT2D eigenvalue weighted by atomic mass is 16.6. The Labute approximate surface area is 105 Å². The minimum Gasteiger partial charge on any atom is -0.486 e. The van der Waals surface area contributed by atoms with E-state index in [1.165, 1.54) is 6.07 Å². The standard InChI is InChI=1S/C13H14N2O3/c1-10-2-3-12(11(8-10)15(16)17)18-9-13(4-5-13)6-7-14/h2-3,8H,4-6,9H2,1H3. The van der Waals surface area contributed by atoms with E-state index in [0.29, 0.717) is 13.0 Å². The minimum atomic E-state index is -0.438. The van der Waals surface area contributed by atoms with Gasteiger partial charge in [0, 0.05) is 17.9 Å². The molecule has 1 aromatic rings. The van der Waals surface area contributed by atoms with Crippen molar-refractivity contribution < 1.29 is 9.66 Å². The second-order valence-electron chi connectivity index (χ2n) is 4.85. The van der Waals surface area contributed by atoms with Gasteiger partial charge in [-0.1, -0.05) is 6.07 Å². The summed E-state index contributed by atoms with van der Waals surface area (Å²) in [7, 11) is 0. The van der Waals surface area contributed by atoms with Crippen LogP contribution in [-0.2, 0) is 0 Å². The highest BCUT2D eigenvalue weighted by molar-refractivity contribution is 5.48. The fraction of sp³-hybridized carbons (Fsp3) is 0.462. The van der Waals surface area contributed by atoms with Crippen LogP contribution in [0.2, 0.25) is 0 Å². The summed E-state index contributed by atoms with van der Waals surface area (Å²) in [6.07, 6.45) is 2.37. The number of hydrogen-bond acceptors (Lipinski definition) is 4. The monoisotopic (exact) mass is 246 g/mol. The number of rotatable bonds is 5. The Morgan fingerprint density at radius 3 is 2.83 bits per heavy atom. The molecule has 1 aliphatic rings. The van der Waals surface area contributed by atoms with E-state index in [2.05, 4.69) is 6.07 Å². The third-order valence-electron chi connectivity index (χ3n) is 3.26. The van der Waals surface area contributed by atoms with Crippen molar-refractivity contribution in [2.75, 3.05) is 6.61 Å². The summed E-state index contributed by atoms with van der Waals surface area (Å²) in [6, 6.07) is 7.04. The molecule has 1 saturated carbocycles. The number of aryl methyl sites for hydroxylation is 1. The second-order valence-corrected chi connectivity index (χ2v) is 4.85. The lowest BCUT2D eigenvalue weighted by molar-refractivity contribution is -0.386. The van der Waals surface area contributed by atoms with Gasteiger partial charge in [-0.2, -0.15) is 5.26 Å². The first-order valence-corrected chi connectivity index (χ1v) is 5.81. The van der Waals surface area contributed by atoms with Crippen molar-refractivity contribution in [1.29, 1.82) is 5.26 Å². The maximum absolute atomic E-state index is 10.9. The molecule has 0 heterocycles. The highest BCUT2D eigenvalue weighted by Crippen LogP contribution is 2.49. The SMILES string of the molecule is Cc1ccc(OCC2(CC#N)CC2)c([N+](=O)[O-])c1. The van der Waals surface area contributed by atoms with Crippen LogP contribution >= 0.6 is 0 Å². The van der Waals surface area contributed by atoms with Gasteiger partial charge >= 0.3 is 5.69 Å². The zero-order valence-corrected chi connectivity index (χ0v) is 10.2. The van der Waals surface area contributed by atoms with Crippen LogP contribution in [0.15, 0.2) is 18.2 Å². The normalized spacial score (nSPS) is 15.8. The molecule has 1 aromatic carbocycles. The highest BCUT2D eigenvalue weighted by Gasteiger charge is 2.43. The first-order valence-electron chi connectivity index (χ1n) is 5.81. The third kappa shape index (κ3) is 2.59. The quantitative estimate of drug-likeness (QED) is 0.591. The van der Waals surface area contributed by atoms with Crippen molar-refractivity contribution in [3.05, 3.63) is 33.9 Å². The molecule has 1 aliphatic carbocycles. The summed E-state index contributed by atoms with van der Waals surface area (Å²) in [4.78, 5) is 10.5. The number of nitro groups is 1. The number of hydrogen-bond donors (Lipinski definition) is 0. The molecule has 0 atom stereocenters. The van der Waals surface area contributed by atoms with Crippen molar-refractivity contribution in [3.8, 4) is 11.8 Å². The molecule has 5 heteroatoms. The van der Waals surface area contributed by atoms with Crippen molar-refractivity contribution in [2.45, 2.75) is 26.2 Å². The predicted octanol–water partition coefficient (Wildman–Crippen LogP) is 2.98. The van der Waals surface area contributed by atoms with Gasteiger partial charge in [-0.3, -0.25) is 10.1 Å². The minimum absolute atomic E-state index is 0.0113. The first-order chi connectivity index (χ1) is 8.56. The number of ether oxygens (including phenoxy) is 1. The van der Waals surface area contributed by atoms with Crippen molar-refractivity contribution in [1.82, 2.24) is 0 Å². The topological polar surface area (TPSA) is 76.2 Å². The van der Waals surface area contributed by atoms with Crippen molar-refractivity contribution in [2.24, 2.45) is 5.41 Å². The van der Waals surface area contributed by atoms with Gasteiger partial charge in [0.15, 0.2) is 5.75 Å². The van der Waals surface area contributed by atoms with Crippen LogP contribution in [0.3, 0.4) is 0 Å². The van der Waals surface area contributed by atoms with Crippen LogP contribution in [-0.4, -0.2) is 11.5 Å².